The van der Waals surface area contributed by atoms with Crippen LogP contribution in [0.15, 0.2) is 35.5 Å². The van der Waals surface area contributed by atoms with E-state index in [0.29, 0.717) is 28.8 Å². The third-order valence-electron chi connectivity index (χ3n) is 4.02. The predicted molar refractivity (Wildman–Crippen MR) is 104 cm³/mol. The minimum absolute atomic E-state index is 0.0100. The molecule has 0 saturated heterocycles. The maximum Gasteiger partial charge on any atom is 0.264 e. The third kappa shape index (κ3) is 4.10. The van der Waals surface area contributed by atoms with Crippen molar-refractivity contribution in [1.29, 1.82) is 0 Å². The molecule has 0 spiro atoms. The number of hydrogen-bond donors (Lipinski definition) is 4. The fraction of sp³-hybridized carbons (Fsp3) is 0.294. The van der Waals surface area contributed by atoms with Gasteiger partial charge in [0.2, 0.25) is 5.95 Å². The summed E-state index contributed by atoms with van der Waals surface area (Å²) in [5, 5.41) is 0. The van der Waals surface area contributed by atoms with Crippen molar-refractivity contribution in [1.82, 2.24) is 24.7 Å². The lowest BCUT2D eigenvalue weighted by Gasteiger charge is -2.14. The van der Waals surface area contributed by atoms with Gasteiger partial charge < -0.3 is 16.5 Å². The van der Waals surface area contributed by atoms with Gasteiger partial charge in [-0.25, -0.2) is 23.1 Å². The van der Waals surface area contributed by atoms with Gasteiger partial charge >= 0.3 is 0 Å². The summed E-state index contributed by atoms with van der Waals surface area (Å²) >= 11 is 0. The average molecular weight is 403 g/mol. The zero-order valence-corrected chi connectivity index (χ0v) is 16.2. The molecule has 2 aromatic heterocycles. The molecule has 0 unspecified atom stereocenters. The Labute approximate surface area is 161 Å². The number of imidazole rings is 1. The first-order chi connectivity index (χ1) is 13.2. The molecule has 0 aliphatic rings. The highest BCUT2D eigenvalue weighted by molar-refractivity contribution is 7.90. The number of H-pyrrole nitrogens is 1. The maximum absolute atomic E-state index is 12.6. The second kappa shape index (κ2) is 7.52. The summed E-state index contributed by atoms with van der Waals surface area (Å²) in [6.45, 7) is 3.80. The monoisotopic (exact) mass is 403 g/mol. The molecule has 0 aliphatic carbocycles. The van der Waals surface area contributed by atoms with Crippen molar-refractivity contribution in [2.45, 2.75) is 31.2 Å². The molecule has 0 bridgehead atoms. The quantitative estimate of drug-likeness (QED) is 0.468. The number of carbonyl (C=O) groups is 1. The van der Waals surface area contributed by atoms with Crippen LogP contribution in [0.2, 0.25) is 0 Å². The summed E-state index contributed by atoms with van der Waals surface area (Å²) in [7, 11) is -4.10. The van der Waals surface area contributed by atoms with Crippen molar-refractivity contribution in [3.63, 3.8) is 0 Å². The van der Waals surface area contributed by atoms with Crippen LogP contribution in [-0.2, 0) is 14.8 Å². The van der Waals surface area contributed by atoms with Gasteiger partial charge in [-0.05, 0) is 24.5 Å². The number of nitrogens with two attached hydrogens (primary N) is 2. The number of nitrogen functional groups attached to an aromatic ring is 1. The zero-order chi connectivity index (χ0) is 20.5. The molecule has 1 aromatic carbocycles. The lowest BCUT2D eigenvalue weighted by atomic mass is 10.0. The highest BCUT2D eigenvalue weighted by Gasteiger charge is 2.23. The third-order valence-corrected chi connectivity index (χ3v) is 5.36. The van der Waals surface area contributed by atoms with Gasteiger partial charge in [0.15, 0.2) is 5.65 Å². The summed E-state index contributed by atoms with van der Waals surface area (Å²) in [4.78, 5) is 27.2. The molecule has 148 valence electrons. The second-order valence-electron chi connectivity index (χ2n) is 6.77. The van der Waals surface area contributed by atoms with Crippen LogP contribution in [0.4, 0.5) is 5.95 Å². The Morgan fingerprint density at radius 3 is 2.75 bits per heavy atom. The number of aromatic nitrogens is 4. The Bertz CT molecular complexity index is 1120. The molecule has 10 nitrogen and oxygen atoms in total. The summed E-state index contributed by atoms with van der Waals surface area (Å²) in [6.07, 6.45) is 1.82. The minimum atomic E-state index is -4.10. The number of carbonyl (C=O) groups excluding carboxylic acids is 1. The van der Waals surface area contributed by atoms with Crippen LogP contribution in [0.1, 0.15) is 20.3 Å². The molecular weight excluding hydrogens is 382 g/mol. The van der Waals surface area contributed by atoms with Gasteiger partial charge in [0.25, 0.3) is 15.9 Å². The van der Waals surface area contributed by atoms with Crippen LogP contribution in [-0.4, -0.2) is 40.3 Å². The van der Waals surface area contributed by atoms with E-state index in [0.717, 1.165) is 0 Å². The van der Waals surface area contributed by atoms with Crippen molar-refractivity contribution >= 4 is 33.0 Å². The number of nitrogens with zero attached hydrogens (tertiary/aromatic N) is 3. The van der Waals surface area contributed by atoms with E-state index in [1.807, 2.05) is 18.6 Å². The number of hydrogen-bond acceptors (Lipinski definition) is 8. The van der Waals surface area contributed by atoms with Gasteiger partial charge in [0, 0.05) is 5.56 Å². The molecule has 0 aliphatic heterocycles. The van der Waals surface area contributed by atoms with Gasteiger partial charge in [-0.15, -0.1) is 0 Å². The van der Waals surface area contributed by atoms with Crippen LogP contribution < -0.4 is 16.2 Å². The molecule has 28 heavy (non-hydrogen) atoms. The van der Waals surface area contributed by atoms with Crippen LogP contribution in [0, 0.1) is 5.92 Å². The van der Waals surface area contributed by atoms with Gasteiger partial charge in [0.05, 0.1) is 17.3 Å². The van der Waals surface area contributed by atoms with Crippen molar-refractivity contribution in [2.24, 2.45) is 11.7 Å². The lowest BCUT2D eigenvalue weighted by Crippen LogP contribution is -2.43. The second-order valence-corrected chi connectivity index (χ2v) is 8.45. The summed E-state index contributed by atoms with van der Waals surface area (Å²) in [6, 6.07) is 5.08. The van der Waals surface area contributed by atoms with Crippen molar-refractivity contribution in [3.05, 3.63) is 30.6 Å². The van der Waals surface area contributed by atoms with Gasteiger partial charge in [-0.2, -0.15) is 4.98 Å². The molecule has 1 amide bonds. The van der Waals surface area contributed by atoms with E-state index in [-0.39, 0.29) is 16.8 Å². The highest BCUT2D eigenvalue weighted by Crippen LogP contribution is 2.26. The molecular formula is C17H21N7O3S. The summed E-state index contributed by atoms with van der Waals surface area (Å²) in [5.41, 5.74) is 13.3. The topological polar surface area (TPSA) is 170 Å². The normalized spacial score (nSPS) is 13.0. The van der Waals surface area contributed by atoms with Gasteiger partial charge in [-0.1, -0.05) is 26.0 Å². The number of aromatic amines is 1. The molecule has 0 fully saturated rings. The molecule has 0 radical (unpaired) electrons. The first-order valence-corrected chi connectivity index (χ1v) is 10.0. The van der Waals surface area contributed by atoms with E-state index in [9.17, 15) is 13.2 Å². The van der Waals surface area contributed by atoms with E-state index in [4.69, 9.17) is 11.5 Å². The van der Waals surface area contributed by atoms with E-state index in [2.05, 4.69) is 19.9 Å². The van der Waals surface area contributed by atoms with Crippen LogP contribution in [0.25, 0.3) is 22.4 Å². The zero-order valence-electron chi connectivity index (χ0n) is 15.4. The van der Waals surface area contributed by atoms with Gasteiger partial charge in [0.1, 0.15) is 11.2 Å². The lowest BCUT2D eigenvalue weighted by molar-refractivity contribution is -0.120. The molecule has 2 heterocycles. The van der Waals surface area contributed by atoms with E-state index in [1.54, 1.807) is 12.1 Å². The van der Waals surface area contributed by atoms with Gasteiger partial charge in [-0.3, -0.25) is 4.79 Å². The molecule has 1 atom stereocenters. The summed E-state index contributed by atoms with van der Waals surface area (Å²) in [5.74, 6) is -0.580. The number of fused-ring (bicyclic) bond motifs is 1. The highest BCUT2D eigenvalue weighted by atomic mass is 32.2. The average Bonchev–Trinajstić information content (AvgIpc) is 3.08. The number of benzene rings is 1. The van der Waals surface area contributed by atoms with Crippen molar-refractivity contribution in [3.8, 4) is 11.3 Å². The van der Waals surface area contributed by atoms with E-state index >= 15 is 0 Å². The molecule has 3 rings (SSSR count). The van der Waals surface area contributed by atoms with Crippen molar-refractivity contribution in [2.75, 3.05) is 5.73 Å². The van der Waals surface area contributed by atoms with Crippen LogP contribution in [0.3, 0.4) is 0 Å². The summed E-state index contributed by atoms with van der Waals surface area (Å²) < 4.78 is 27.3. The molecule has 6 N–H and O–H groups in total. The molecule has 0 saturated carbocycles. The SMILES string of the molecule is CC(C)C[C@H](N)C(=O)NS(=O)(=O)c1cccc(-c2nc(N)nc3nc[nH]c23)c1. The fourth-order valence-corrected chi connectivity index (χ4v) is 3.83. The fourth-order valence-electron chi connectivity index (χ4n) is 2.75. The number of rotatable bonds is 6. The van der Waals surface area contributed by atoms with Crippen molar-refractivity contribution < 1.29 is 13.2 Å². The van der Waals surface area contributed by atoms with E-state index < -0.39 is 22.0 Å². The Balaban J connectivity index is 1.94. The Hall–Kier alpha value is -3.05. The number of sulfonamides is 1. The first kappa shape index (κ1) is 19.7. The Kier molecular flexibility index (Phi) is 5.29. The number of anilines is 1. The first-order valence-electron chi connectivity index (χ1n) is 8.56. The van der Waals surface area contributed by atoms with Crippen LogP contribution in [0.5, 0.6) is 0 Å². The Morgan fingerprint density at radius 1 is 1.29 bits per heavy atom. The minimum Gasteiger partial charge on any atom is -0.368 e. The Morgan fingerprint density at radius 2 is 2.04 bits per heavy atom. The molecule has 3 aromatic rings. The largest absolute Gasteiger partial charge is 0.368 e. The number of nitrogens with one attached hydrogen (secondary N) is 2. The van der Waals surface area contributed by atoms with Crippen LogP contribution >= 0.6 is 0 Å². The predicted octanol–water partition coefficient (Wildman–Crippen LogP) is 0.780. The van der Waals surface area contributed by atoms with E-state index in [1.165, 1.54) is 18.5 Å². The maximum atomic E-state index is 12.6. The standard InChI is InChI=1S/C17H21N7O3S/c1-9(2)6-12(18)16(25)24-28(26,27)11-5-3-4-10(7-11)13-14-15(21-8-20-14)23-17(19)22-13/h3-5,7-9,12H,6,18H2,1-2H3,(H,24,25)(H3,19,20,21,22,23)/t12-/m0/s1. The molecule has 11 heteroatoms. The number of amides is 1. The smallest absolute Gasteiger partial charge is 0.264 e.